The van der Waals surface area contributed by atoms with E-state index in [1.807, 2.05) is 18.3 Å². The van der Waals surface area contributed by atoms with E-state index in [-0.39, 0.29) is 18.1 Å². The topological polar surface area (TPSA) is 49.6 Å². The molecule has 1 amide bonds. The molecule has 3 aromatic rings. The maximum atomic E-state index is 14.2. The summed E-state index contributed by atoms with van der Waals surface area (Å²) in [7, 11) is 3.59. The number of imidazole rings is 1. The molecule has 1 fully saturated rings. The second kappa shape index (κ2) is 6.09. The van der Waals surface area contributed by atoms with Crippen LogP contribution in [-0.2, 0) is 4.79 Å². The van der Waals surface area contributed by atoms with E-state index in [4.69, 9.17) is 0 Å². The quantitative estimate of drug-likeness (QED) is 0.778. The normalized spacial score (nSPS) is 18.8. The summed E-state index contributed by atoms with van der Waals surface area (Å²) in [5, 5.41) is 2.64. The van der Waals surface area contributed by atoms with Gasteiger partial charge in [0.15, 0.2) is 5.82 Å². The van der Waals surface area contributed by atoms with Crippen molar-refractivity contribution in [2.45, 2.75) is 12.6 Å². The summed E-state index contributed by atoms with van der Waals surface area (Å²) in [6.45, 7) is 0. The fourth-order valence-electron chi connectivity index (χ4n) is 3.07. The number of para-hydroxylation sites is 1. The van der Waals surface area contributed by atoms with Crippen molar-refractivity contribution in [1.29, 1.82) is 0 Å². The number of nitrogens with zero attached hydrogens (tertiary/aromatic N) is 3. The molecular formula is C19H18F2N4O. The molecule has 26 heavy (non-hydrogen) atoms. The van der Waals surface area contributed by atoms with E-state index in [9.17, 15) is 13.6 Å². The van der Waals surface area contributed by atoms with Gasteiger partial charge in [0, 0.05) is 31.4 Å². The Labute approximate surface area is 149 Å². The summed E-state index contributed by atoms with van der Waals surface area (Å²) >= 11 is 0. The number of anilines is 2. The number of hydrogen-bond acceptors (Lipinski definition) is 3. The maximum Gasteiger partial charge on any atom is 0.231 e. The fourth-order valence-corrected chi connectivity index (χ4v) is 3.07. The van der Waals surface area contributed by atoms with Gasteiger partial charge in [-0.3, -0.25) is 4.79 Å². The zero-order valence-corrected chi connectivity index (χ0v) is 14.4. The minimum Gasteiger partial charge on any atom is -0.375 e. The molecule has 0 aliphatic heterocycles. The van der Waals surface area contributed by atoms with Gasteiger partial charge in [-0.15, -0.1) is 0 Å². The average Bonchev–Trinajstić information content (AvgIpc) is 3.19. The number of hydrogen-bond donors (Lipinski definition) is 1. The Kier molecular flexibility index (Phi) is 3.86. The van der Waals surface area contributed by atoms with Crippen molar-refractivity contribution in [2.75, 3.05) is 24.3 Å². The Balaban J connectivity index is 1.68. The third-order valence-corrected chi connectivity index (χ3v) is 4.50. The Morgan fingerprint density at radius 1 is 1.27 bits per heavy atom. The van der Waals surface area contributed by atoms with Crippen molar-refractivity contribution < 1.29 is 13.6 Å². The Bertz CT molecular complexity index is 998. The number of carbonyl (C=O) groups excluding carboxylic acids is 1. The van der Waals surface area contributed by atoms with E-state index in [0.717, 1.165) is 11.1 Å². The molecule has 2 heterocycles. The molecule has 0 radical (unpaired) electrons. The number of aromatic nitrogens is 2. The number of carbonyl (C=O) groups is 1. The molecule has 7 heteroatoms. The number of halogens is 2. The maximum absolute atomic E-state index is 14.2. The molecule has 134 valence electrons. The lowest BCUT2D eigenvalue weighted by Crippen LogP contribution is -2.15. The van der Waals surface area contributed by atoms with Crippen LogP contribution >= 0.6 is 0 Å². The molecule has 1 saturated carbocycles. The monoisotopic (exact) mass is 356 g/mol. The predicted octanol–water partition coefficient (Wildman–Crippen LogP) is 3.50. The minimum atomic E-state index is -1.05. The van der Waals surface area contributed by atoms with Crippen molar-refractivity contribution in [3.8, 4) is 11.1 Å². The minimum absolute atomic E-state index is 0.274. The molecular weight excluding hydrogens is 338 g/mol. The zero-order valence-electron chi connectivity index (χ0n) is 14.4. The van der Waals surface area contributed by atoms with Crippen LogP contribution in [0.5, 0.6) is 0 Å². The van der Waals surface area contributed by atoms with Crippen LogP contribution in [0.15, 0.2) is 42.7 Å². The number of alkyl halides is 1. The first kappa shape index (κ1) is 16.5. The van der Waals surface area contributed by atoms with Crippen molar-refractivity contribution >= 4 is 23.1 Å². The number of pyridine rings is 1. The van der Waals surface area contributed by atoms with Crippen LogP contribution in [0.3, 0.4) is 0 Å². The Morgan fingerprint density at radius 2 is 2.04 bits per heavy atom. The van der Waals surface area contributed by atoms with Crippen LogP contribution in [-0.4, -0.2) is 35.6 Å². The first-order chi connectivity index (χ1) is 12.4. The molecule has 2 aromatic heterocycles. The number of rotatable bonds is 4. The number of amides is 1. The highest BCUT2D eigenvalue weighted by molar-refractivity contribution is 5.94. The molecule has 0 bridgehead atoms. The molecule has 1 N–H and O–H groups in total. The van der Waals surface area contributed by atoms with Gasteiger partial charge < -0.3 is 14.6 Å². The van der Waals surface area contributed by atoms with Crippen LogP contribution in [0.4, 0.5) is 20.3 Å². The molecule has 0 spiro atoms. The van der Waals surface area contributed by atoms with Crippen molar-refractivity contribution in [2.24, 2.45) is 5.92 Å². The van der Waals surface area contributed by atoms with Gasteiger partial charge in [-0.05, 0) is 24.6 Å². The number of nitrogens with one attached hydrogen (secondary N) is 1. The van der Waals surface area contributed by atoms with E-state index in [2.05, 4.69) is 10.3 Å². The lowest BCUT2D eigenvalue weighted by atomic mass is 10.0. The molecule has 1 aliphatic carbocycles. The van der Waals surface area contributed by atoms with Gasteiger partial charge in [0.25, 0.3) is 0 Å². The lowest BCUT2D eigenvalue weighted by Gasteiger charge is -2.18. The van der Waals surface area contributed by atoms with Crippen LogP contribution in [0.1, 0.15) is 6.42 Å². The fraction of sp³-hybridized carbons (Fsp3) is 0.263. The van der Waals surface area contributed by atoms with Crippen molar-refractivity contribution in [1.82, 2.24) is 9.38 Å². The predicted molar refractivity (Wildman–Crippen MR) is 96.5 cm³/mol. The van der Waals surface area contributed by atoms with Gasteiger partial charge in [0.1, 0.15) is 17.6 Å². The average molecular weight is 356 g/mol. The van der Waals surface area contributed by atoms with Gasteiger partial charge in [-0.1, -0.05) is 12.1 Å². The van der Waals surface area contributed by atoms with Gasteiger partial charge in [0.2, 0.25) is 5.91 Å². The smallest absolute Gasteiger partial charge is 0.231 e. The summed E-state index contributed by atoms with van der Waals surface area (Å²) in [5.74, 6) is -0.832. The highest BCUT2D eigenvalue weighted by atomic mass is 19.1. The highest BCUT2D eigenvalue weighted by Gasteiger charge is 2.43. The van der Waals surface area contributed by atoms with Crippen molar-refractivity contribution in [3.05, 3.63) is 48.5 Å². The van der Waals surface area contributed by atoms with Crippen LogP contribution in [0.2, 0.25) is 0 Å². The molecule has 4 rings (SSSR count). The third kappa shape index (κ3) is 2.89. The first-order valence-electron chi connectivity index (χ1n) is 8.34. The second-order valence-electron chi connectivity index (χ2n) is 6.69. The molecule has 1 aromatic carbocycles. The molecule has 1 aliphatic rings. The highest BCUT2D eigenvalue weighted by Crippen LogP contribution is 2.35. The largest absolute Gasteiger partial charge is 0.375 e. The summed E-state index contributed by atoms with van der Waals surface area (Å²) in [6.07, 6.45) is 2.72. The third-order valence-electron chi connectivity index (χ3n) is 4.50. The van der Waals surface area contributed by atoms with E-state index in [0.29, 0.717) is 17.2 Å². The standard InChI is InChI=1S/C19H18F2N4O/c1-24(2)18-12(4-3-5-14(18)20)11-6-7-17-22-16(10-25(17)9-11)23-19(26)13-8-15(13)21/h3-7,9-10,13,15H,8H2,1-2H3,(H,23,26)/t13-,15+/m1/s1. The molecule has 0 saturated heterocycles. The van der Waals surface area contributed by atoms with Gasteiger partial charge in [0.05, 0.1) is 17.8 Å². The summed E-state index contributed by atoms with van der Waals surface area (Å²) in [5.41, 5.74) is 2.72. The van der Waals surface area contributed by atoms with Crippen LogP contribution in [0.25, 0.3) is 16.8 Å². The second-order valence-corrected chi connectivity index (χ2v) is 6.69. The van der Waals surface area contributed by atoms with Gasteiger partial charge >= 0.3 is 0 Å². The van der Waals surface area contributed by atoms with Crippen LogP contribution < -0.4 is 10.2 Å². The molecule has 0 unspecified atom stereocenters. The zero-order chi connectivity index (χ0) is 18.4. The summed E-state index contributed by atoms with van der Waals surface area (Å²) in [4.78, 5) is 17.9. The summed E-state index contributed by atoms with van der Waals surface area (Å²) < 4.78 is 29.0. The van der Waals surface area contributed by atoms with E-state index >= 15 is 0 Å². The lowest BCUT2D eigenvalue weighted by molar-refractivity contribution is -0.117. The molecule has 2 atom stereocenters. The first-order valence-corrected chi connectivity index (χ1v) is 8.34. The number of benzene rings is 1. The van der Waals surface area contributed by atoms with Gasteiger partial charge in [-0.25, -0.2) is 13.8 Å². The molecule has 5 nitrogen and oxygen atoms in total. The van der Waals surface area contributed by atoms with E-state index < -0.39 is 12.1 Å². The SMILES string of the molecule is CN(C)c1c(F)cccc1-c1ccc2nc(NC(=O)[C@@H]3C[C@@H]3F)cn2c1. The van der Waals surface area contributed by atoms with Crippen LogP contribution in [0, 0.1) is 11.7 Å². The van der Waals surface area contributed by atoms with E-state index in [1.165, 1.54) is 6.07 Å². The number of fused-ring (bicyclic) bond motifs is 1. The van der Waals surface area contributed by atoms with E-state index in [1.54, 1.807) is 41.7 Å². The Hall–Kier alpha value is -2.96. The van der Waals surface area contributed by atoms with Gasteiger partial charge in [-0.2, -0.15) is 0 Å². The summed E-state index contributed by atoms with van der Waals surface area (Å²) in [6, 6.07) is 8.61. The van der Waals surface area contributed by atoms with Crippen molar-refractivity contribution in [3.63, 3.8) is 0 Å². The Morgan fingerprint density at radius 3 is 2.73 bits per heavy atom.